The number of carbonyl (C=O) groups excluding carboxylic acids is 1. The summed E-state index contributed by atoms with van der Waals surface area (Å²) in [5, 5.41) is 12.7. The molecule has 0 bridgehead atoms. The molecule has 0 atom stereocenters. The van der Waals surface area contributed by atoms with E-state index in [1.165, 1.54) is 0 Å². The van der Waals surface area contributed by atoms with Gasteiger partial charge in [-0.2, -0.15) is 0 Å². The molecule has 0 saturated carbocycles. The Bertz CT molecular complexity index is 719. The maximum absolute atomic E-state index is 12.5. The van der Waals surface area contributed by atoms with Crippen LogP contribution < -0.4 is 5.32 Å². The summed E-state index contributed by atoms with van der Waals surface area (Å²) >= 11 is 0. The van der Waals surface area contributed by atoms with Gasteiger partial charge >= 0.3 is 0 Å². The summed E-state index contributed by atoms with van der Waals surface area (Å²) in [6.45, 7) is 4.03. The molecule has 0 radical (unpaired) electrons. The van der Waals surface area contributed by atoms with Gasteiger partial charge in [0.15, 0.2) is 5.78 Å². The minimum Gasteiger partial charge on any atom is -0.392 e. The van der Waals surface area contributed by atoms with E-state index < -0.39 is 0 Å². The Kier molecular flexibility index (Phi) is 3.75. The molecular weight excluding hydrogens is 274 g/mol. The van der Waals surface area contributed by atoms with Crippen LogP contribution in [0.4, 0.5) is 11.4 Å². The molecule has 3 heteroatoms. The lowest BCUT2D eigenvalue weighted by Gasteiger charge is -2.29. The van der Waals surface area contributed by atoms with Crippen molar-refractivity contribution in [2.75, 3.05) is 5.32 Å². The lowest BCUT2D eigenvalue weighted by molar-refractivity contribution is 0.0811. The Morgan fingerprint density at radius 3 is 2.73 bits per heavy atom. The van der Waals surface area contributed by atoms with E-state index in [2.05, 4.69) is 11.4 Å². The van der Waals surface area contributed by atoms with Crippen molar-refractivity contribution in [2.45, 2.75) is 33.3 Å². The summed E-state index contributed by atoms with van der Waals surface area (Å²) < 4.78 is 0. The first kappa shape index (κ1) is 14.8. The van der Waals surface area contributed by atoms with Gasteiger partial charge < -0.3 is 10.4 Å². The molecule has 0 heterocycles. The van der Waals surface area contributed by atoms with E-state index in [4.69, 9.17) is 0 Å². The van der Waals surface area contributed by atoms with Gasteiger partial charge in [0.2, 0.25) is 0 Å². The fraction of sp³-hybridized carbons (Fsp3) is 0.316. The summed E-state index contributed by atoms with van der Waals surface area (Å²) in [4.78, 5) is 12.5. The molecule has 1 aliphatic carbocycles. The second-order valence-corrected chi connectivity index (χ2v) is 6.53. The fourth-order valence-electron chi connectivity index (χ4n) is 2.96. The first-order valence-electron chi connectivity index (χ1n) is 7.65. The van der Waals surface area contributed by atoms with E-state index >= 15 is 0 Å². The number of carbonyl (C=O) groups is 1. The zero-order valence-corrected chi connectivity index (χ0v) is 13.0. The molecule has 2 aromatic rings. The number of benzene rings is 2. The second kappa shape index (κ2) is 5.58. The molecule has 114 valence electrons. The van der Waals surface area contributed by atoms with Gasteiger partial charge in [0.1, 0.15) is 0 Å². The molecule has 1 aliphatic rings. The number of aliphatic hydroxyl groups excluding tert-OH is 1. The third-order valence-electron chi connectivity index (χ3n) is 4.45. The number of ketones is 1. The van der Waals surface area contributed by atoms with Crippen LogP contribution in [0.15, 0.2) is 42.5 Å². The molecule has 2 N–H and O–H groups in total. The molecule has 0 saturated heterocycles. The average molecular weight is 295 g/mol. The Morgan fingerprint density at radius 2 is 1.95 bits per heavy atom. The lowest BCUT2D eigenvalue weighted by atomic mass is 9.73. The van der Waals surface area contributed by atoms with Crippen LogP contribution in [0.1, 0.15) is 41.8 Å². The zero-order valence-electron chi connectivity index (χ0n) is 13.0. The van der Waals surface area contributed by atoms with E-state index in [0.717, 1.165) is 40.9 Å². The van der Waals surface area contributed by atoms with Gasteiger partial charge in [-0.3, -0.25) is 4.79 Å². The lowest BCUT2D eigenvalue weighted by Crippen LogP contribution is -2.30. The molecule has 0 spiro atoms. The van der Waals surface area contributed by atoms with Crippen LogP contribution in [0, 0.1) is 5.41 Å². The van der Waals surface area contributed by atoms with Crippen molar-refractivity contribution < 1.29 is 9.90 Å². The molecule has 0 fully saturated rings. The topological polar surface area (TPSA) is 49.3 Å². The molecule has 0 aliphatic heterocycles. The van der Waals surface area contributed by atoms with Crippen molar-refractivity contribution in [2.24, 2.45) is 5.41 Å². The highest BCUT2D eigenvalue weighted by molar-refractivity contribution is 6.02. The van der Waals surface area contributed by atoms with E-state index in [1.54, 1.807) is 0 Å². The first-order chi connectivity index (χ1) is 10.5. The number of aliphatic hydroxyl groups is 1. The number of rotatable bonds is 3. The molecule has 0 aromatic heterocycles. The maximum atomic E-state index is 12.5. The van der Waals surface area contributed by atoms with Crippen LogP contribution >= 0.6 is 0 Å². The van der Waals surface area contributed by atoms with Gasteiger partial charge in [-0.05, 0) is 42.7 Å². The molecular formula is C19H21NO2. The van der Waals surface area contributed by atoms with Gasteiger partial charge in [0.05, 0.1) is 6.61 Å². The minimum absolute atomic E-state index is 0.000783. The summed E-state index contributed by atoms with van der Waals surface area (Å²) in [6, 6.07) is 13.6. The van der Waals surface area contributed by atoms with E-state index in [9.17, 15) is 9.90 Å². The monoisotopic (exact) mass is 295 g/mol. The number of aryl methyl sites for hydroxylation is 1. The van der Waals surface area contributed by atoms with Crippen LogP contribution in [0.3, 0.4) is 0 Å². The minimum atomic E-state index is -0.258. The van der Waals surface area contributed by atoms with Crippen molar-refractivity contribution in [1.82, 2.24) is 0 Å². The van der Waals surface area contributed by atoms with Gasteiger partial charge in [-0.25, -0.2) is 0 Å². The van der Waals surface area contributed by atoms with Crippen LogP contribution in [-0.4, -0.2) is 10.9 Å². The smallest absolute Gasteiger partial charge is 0.168 e. The highest BCUT2D eigenvalue weighted by Gasteiger charge is 2.33. The van der Waals surface area contributed by atoms with Crippen LogP contribution in [0.2, 0.25) is 0 Å². The predicted octanol–water partition coefficient (Wildman–Crippen LogP) is 4.08. The fourth-order valence-corrected chi connectivity index (χ4v) is 2.96. The largest absolute Gasteiger partial charge is 0.392 e. The van der Waals surface area contributed by atoms with Crippen LogP contribution in [-0.2, 0) is 13.0 Å². The second-order valence-electron chi connectivity index (χ2n) is 6.53. The van der Waals surface area contributed by atoms with Crippen LogP contribution in [0.5, 0.6) is 0 Å². The third-order valence-corrected chi connectivity index (χ3v) is 4.45. The van der Waals surface area contributed by atoms with E-state index in [-0.39, 0.29) is 17.8 Å². The SMILES string of the molecule is CC1(C)CCc2cc(Nc3ccccc3CO)ccc2C1=O. The van der Waals surface area contributed by atoms with Crippen molar-refractivity contribution in [3.05, 3.63) is 59.2 Å². The van der Waals surface area contributed by atoms with Crippen LogP contribution in [0.25, 0.3) is 0 Å². The molecule has 0 amide bonds. The maximum Gasteiger partial charge on any atom is 0.168 e. The summed E-state index contributed by atoms with van der Waals surface area (Å²) in [6.07, 6.45) is 1.81. The Hall–Kier alpha value is -2.13. The first-order valence-corrected chi connectivity index (χ1v) is 7.65. The number of Topliss-reactive ketones (excluding diaryl/α,β-unsaturated/α-hetero) is 1. The van der Waals surface area contributed by atoms with Gasteiger partial charge in [0.25, 0.3) is 0 Å². The quantitative estimate of drug-likeness (QED) is 0.897. The molecule has 3 nitrogen and oxygen atoms in total. The van der Waals surface area contributed by atoms with Gasteiger partial charge in [-0.1, -0.05) is 32.0 Å². The van der Waals surface area contributed by atoms with E-state index in [0.29, 0.717) is 0 Å². The summed E-state index contributed by atoms with van der Waals surface area (Å²) in [5.74, 6) is 0.232. The normalized spacial score (nSPS) is 16.2. The number of para-hydroxylation sites is 1. The molecule has 0 unspecified atom stereocenters. The van der Waals surface area contributed by atoms with E-state index in [1.807, 2.05) is 50.2 Å². The summed E-state index contributed by atoms with van der Waals surface area (Å²) in [5.41, 5.74) is 4.40. The number of hydrogen-bond donors (Lipinski definition) is 2. The molecule has 2 aromatic carbocycles. The number of fused-ring (bicyclic) bond motifs is 1. The van der Waals surface area contributed by atoms with Crippen molar-refractivity contribution in [3.8, 4) is 0 Å². The number of hydrogen-bond acceptors (Lipinski definition) is 3. The highest BCUT2D eigenvalue weighted by atomic mass is 16.3. The van der Waals surface area contributed by atoms with Crippen molar-refractivity contribution in [1.29, 1.82) is 0 Å². The van der Waals surface area contributed by atoms with Gasteiger partial charge in [0, 0.05) is 27.9 Å². The van der Waals surface area contributed by atoms with Crippen molar-refractivity contribution in [3.63, 3.8) is 0 Å². The standard InChI is InChI=1S/C19H21NO2/c1-19(2)10-9-13-11-15(7-8-16(13)18(19)22)20-17-6-4-3-5-14(17)12-21/h3-8,11,20-21H,9-10,12H2,1-2H3. The molecule has 3 rings (SSSR count). The predicted molar refractivity (Wildman–Crippen MR) is 88.5 cm³/mol. The zero-order chi connectivity index (χ0) is 15.7. The third kappa shape index (κ3) is 2.64. The Morgan fingerprint density at radius 1 is 1.18 bits per heavy atom. The van der Waals surface area contributed by atoms with Crippen molar-refractivity contribution >= 4 is 17.2 Å². The Labute approximate surface area is 131 Å². The number of nitrogens with one attached hydrogen (secondary N) is 1. The summed E-state index contributed by atoms with van der Waals surface area (Å²) in [7, 11) is 0. The molecule has 22 heavy (non-hydrogen) atoms. The van der Waals surface area contributed by atoms with Gasteiger partial charge in [-0.15, -0.1) is 0 Å². The average Bonchev–Trinajstić information content (AvgIpc) is 2.52. The number of anilines is 2. The Balaban J connectivity index is 1.91. The highest BCUT2D eigenvalue weighted by Crippen LogP contribution is 2.36.